The third-order valence-corrected chi connectivity index (χ3v) is 3.44. The number of carbonyl (C=O) groups excluding carboxylic acids is 1. The summed E-state index contributed by atoms with van der Waals surface area (Å²) in [6.07, 6.45) is 1.95. The average molecular weight is 197 g/mol. The van der Waals surface area contributed by atoms with E-state index >= 15 is 0 Å². The molecule has 0 spiro atoms. The molecule has 4 atom stereocenters. The van der Waals surface area contributed by atoms with Gasteiger partial charge in [-0.05, 0) is 18.8 Å². The second-order valence-electron chi connectivity index (χ2n) is 4.18. The van der Waals surface area contributed by atoms with Crippen molar-refractivity contribution in [3.63, 3.8) is 0 Å². The highest BCUT2D eigenvalue weighted by Gasteiger charge is 2.35. The lowest BCUT2D eigenvalue weighted by Crippen LogP contribution is -2.45. The minimum absolute atomic E-state index is 0.124. The molecule has 1 aliphatic carbocycles. The maximum absolute atomic E-state index is 11.4. The van der Waals surface area contributed by atoms with Gasteiger partial charge in [-0.2, -0.15) is 0 Å². The number of allylic oxidation sites excluding steroid dienone is 1. The van der Waals surface area contributed by atoms with E-state index in [9.17, 15) is 4.79 Å². The summed E-state index contributed by atoms with van der Waals surface area (Å²) in [5, 5.41) is 0. The summed E-state index contributed by atoms with van der Waals surface area (Å²) in [6, 6.07) is -0.124. The number of hydrogen-bond donors (Lipinski definition) is 1. The van der Waals surface area contributed by atoms with E-state index in [4.69, 9.17) is 10.5 Å². The highest BCUT2D eigenvalue weighted by atomic mass is 16.5. The average Bonchev–Trinajstić information content (AvgIpc) is 2.19. The van der Waals surface area contributed by atoms with Gasteiger partial charge in [-0.3, -0.25) is 4.79 Å². The first kappa shape index (κ1) is 11.2. The van der Waals surface area contributed by atoms with Crippen molar-refractivity contribution < 1.29 is 9.53 Å². The number of nitrogens with two attached hydrogens (primary N) is 1. The molecule has 3 nitrogen and oxygen atoms in total. The van der Waals surface area contributed by atoms with Gasteiger partial charge < -0.3 is 10.5 Å². The molecule has 4 unspecified atom stereocenters. The molecule has 80 valence electrons. The van der Waals surface area contributed by atoms with Gasteiger partial charge in [-0.1, -0.05) is 25.5 Å². The third kappa shape index (κ3) is 1.82. The summed E-state index contributed by atoms with van der Waals surface area (Å²) in [5.74, 6) is 0.275. The normalized spacial score (nSPS) is 37.6. The summed E-state index contributed by atoms with van der Waals surface area (Å²) in [6.45, 7) is 6.27. The van der Waals surface area contributed by atoms with E-state index < -0.39 is 0 Å². The fourth-order valence-corrected chi connectivity index (χ4v) is 1.98. The molecule has 3 heteroatoms. The fourth-order valence-electron chi connectivity index (χ4n) is 1.98. The fraction of sp³-hybridized carbons (Fsp3) is 0.727. The Balaban J connectivity index is 2.93. The predicted molar refractivity (Wildman–Crippen MR) is 55.6 cm³/mol. The van der Waals surface area contributed by atoms with E-state index in [2.05, 4.69) is 13.8 Å². The standard InChI is InChI=1S/C11H19NO2/c1-6-5-9(11(13)14-4)10(12)8(3)7(6)2/h5,7-10H,12H2,1-4H3. The van der Waals surface area contributed by atoms with Crippen molar-refractivity contribution in [3.8, 4) is 0 Å². The molecule has 0 fully saturated rings. The Bertz CT molecular complexity index is 260. The van der Waals surface area contributed by atoms with Crippen LogP contribution < -0.4 is 5.73 Å². The topological polar surface area (TPSA) is 52.3 Å². The minimum Gasteiger partial charge on any atom is -0.469 e. The maximum Gasteiger partial charge on any atom is 0.314 e. The maximum atomic E-state index is 11.4. The zero-order valence-corrected chi connectivity index (χ0v) is 9.28. The van der Waals surface area contributed by atoms with Crippen molar-refractivity contribution >= 4 is 5.97 Å². The summed E-state index contributed by atoms with van der Waals surface area (Å²) < 4.78 is 4.73. The molecule has 0 aromatic rings. The van der Waals surface area contributed by atoms with Crippen LogP contribution in [0.1, 0.15) is 20.8 Å². The van der Waals surface area contributed by atoms with Crippen LogP contribution in [0.5, 0.6) is 0 Å². The molecule has 0 heterocycles. The molecule has 0 saturated carbocycles. The minimum atomic E-state index is -0.272. The molecular weight excluding hydrogens is 178 g/mol. The lowest BCUT2D eigenvalue weighted by molar-refractivity contribution is -0.145. The second-order valence-corrected chi connectivity index (χ2v) is 4.18. The van der Waals surface area contributed by atoms with E-state index in [0.29, 0.717) is 11.8 Å². The number of rotatable bonds is 1. The van der Waals surface area contributed by atoms with Gasteiger partial charge >= 0.3 is 5.97 Å². The summed E-state index contributed by atoms with van der Waals surface area (Å²) in [4.78, 5) is 11.4. The molecule has 1 rings (SSSR count). The van der Waals surface area contributed by atoms with Crippen LogP contribution in [0.25, 0.3) is 0 Å². The molecule has 0 aliphatic heterocycles. The van der Waals surface area contributed by atoms with Crippen LogP contribution in [0, 0.1) is 17.8 Å². The predicted octanol–water partition coefficient (Wildman–Crippen LogP) is 1.33. The van der Waals surface area contributed by atoms with Crippen molar-refractivity contribution in [1.29, 1.82) is 0 Å². The van der Waals surface area contributed by atoms with E-state index in [-0.39, 0.29) is 17.9 Å². The Morgan fingerprint density at radius 2 is 2.07 bits per heavy atom. The molecule has 14 heavy (non-hydrogen) atoms. The summed E-state index contributed by atoms with van der Waals surface area (Å²) in [7, 11) is 1.40. The van der Waals surface area contributed by atoms with Crippen LogP contribution >= 0.6 is 0 Å². The SMILES string of the molecule is COC(=O)C1C=C(C)C(C)C(C)C1N. The highest BCUT2D eigenvalue weighted by molar-refractivity contribution is 5.75. The molecule has 0 amide bonds. The molecule has 0 radical (unpaired) electrons. The van der Waals surface area contributed by atoms with Crippen molar-refractivity contribution in [3.05, 3.63) is 11.6 Å². The molecule has 2 N–H and O–H groups in total. The number of esters is 1. The van der Waals surface area contributed by atoms with Crippen LogP contribution in [-0.2, 0) is 9.53 Å². The second kappa shape index (κ2) is 4.13. The molecule has 0 aromatic heterocycles. The Labute approximate surface area is 85.3 Å². The molecule has 1 aliphatic rings. The van der Waals surface area contributed by atoms with Crippen LogP contribution in [0.4, 0.5) is 0 Å². The van der Waals surface area contributed by atoms with Gasteiger partial charge in [-0.25, -0.2) is 0 Å². The van der Waals surface area contributed by atoms with E-state index in [0.717, 1.165) is 0 Å². The van der Waals surface area contributed by atoms with Gasteiger partial charge in [0.1, 0.15) is 0 Å². The first-order valence-electron chi connectivity index (χ1n) is 5.00. The first-order chi connectivity index (χ1) is 6.49. The van der Waals surface area contributed by atoms with Gasteiger partial charge in [-0.15, -0.1) is 0 Å². The first-order valence-corrected chi connectivity index (χ1v) is 5.00. The van der Waals surface area contributed by atoms with Crippen LogP contribution in [0.15, 0.2) is 11.6 Å². The quantitative estimate of drug-likeness (QED) is 0.509. The Hall–Kier alpha value is -0.830. The number of methoxy groups -OCH3 is 1. The lowest BCUT2D eigenvalue weighted by Gasteiger charge is -2.35. The largest absolute Gasteiger partial charge is 0.469 e. The van der Waals surface area contributed by atoms with Gasteiger partial charge in [0.25, 0.3) is 0 Å². The molecule has 0 bridgehead atoms. The molecule has 0 aromatic carbocycles. The summed E-state index contributed by atoms with van der Waals surface area (Å²) >= 11 is 0. The highest BCUT2D eigenvalue weighted by Crippen LogP contribution is 2.32. The van der Waals surface area contributed by atoms with Gasteiger partial charge in [0, 0.05) is 6.04 Å². The van der Waals surface area contributed by atoms with Crippen LogP contribution in [0.3, 0.4) is 0 Å². The molecular formula is C11H19NO2. The Kier molecular flexibility index (Phi) is 3.32. The Morgan fingerprint density at radius 3 is 2.57 bits per heavy atom. The zero-order valence-electron chi connectivity index (χ0n) is 9.28. The van der Waals surface area contributed by atoms with E-state index in [1.165, 1.54) is 12.7 Å². The smallest absolute Gasteiger partial charge is 0.314 e. The van der Waals surface area contributed by atoms with Crippen molar-refractivity contribution in [2.75, 3.05) is 7.11 Å². The number of ether oxygens (including phenoxy) is 1. The van der Waals surface area contributed by atoms with Crippen LogP contribution in [-0.4, -0.2) is 19.1 Å². The van der Waals surface area contributed by atoms with Crippen molar-refractivity contribution in [1.82, 2.24) is 0 Å². The van der Waals surface area contributed by atoms with Crippen molar-refractivity contribution in [2.45, 2.75) is 26.8 Å². The summed E-state index contributed by atoms with van der Waals surface area (Å²) in [5.41, 5.74) is 7.24. The lowest BCUT2D eigenvalue weighted by atomic mass is 9.73. The Morgan fingerprint density at radius 1 is 1.50 bits per heavy atom. The van der Waals surface area contributed by atoms with E-state index in [1.807, 2.05) is 13.0 Å². The molecule has 0 saturated heterocycles. The number of carbonyl (C=O) groups is 1. The third-order valence-electron chi connectivity index (χ3n) is 3.44. The number of hydrogen-bond acceptors (Lipinski definition) is 3. The van der Waals surface area contributed by atoms with Crippen LogP contribution in [0.2, 0.25) is 0 Å². The zero-order chi connectivity index (χ0) is 10.9. The van der Waals surface area contributed by atoms with Gasteiger partial charge in [0.05, 0.1) is 13.0 Å². The van der Waals surface area contributed by atoms with Crippen molar-refractivity contribution in [2.24, 2.45) is 23.5 Å². The van der Waals surface area contributed by atoms with Gasteiger partial charge in [0.15, 0.2) is 0 Å². The van der Waals surface area contributed by atoms with Gasteiger partial charge in [0.2, 0.25) is 0 Å². The monoisotopic (exact) mass is 197 g/mol. The van der Waals surface area contributed by atoms with E-state index in [1.54, 1.807) is 0 Å².